The summed E-state index contributed by atoms with van der Waals surface area (Å²) < 4.78 is 0. The quantitative estimate of drug-likeness (QED) is 0.545. The van der Waals surface area contributed by atoms with Crippen LogP contribution in [0.2, 0.25) is 0 Å². The Morgan fingerprint density at radius 1 is 1.04 bits per heavy atom. The highest BCUT2D eigenvalue weighted by Gasteiger charge is 2.15. The van der Waals surface area contributed by atoms with Crippen molar-refractivity contribution in [1.82, 2.24) is 15.2 Å². The summed E-state index contributed by atoms with van der Waals surface area (Å²) in [5.41, 5.74) is 5.54. The zero-order valence-corrected chi connectivity index (χ0v) is 18.3. The molecule has 1 N–H and O–H groups in total. The lowest BCUT2D eigenvalue weighted by atomic mass is 9.97. The molecule has 150 valence electrons. The molecule has 2 aromatic heterocycles. The van der Waals surface area contributed by atoms with E-state index in [1.807, 2.05) is 97.2 Å². The van der Waals surface area contributed by atoms with Gasteiger partial charge in [-0.25, -0.2) is 0 Å². The number of H-pyrrole nitrogens is 1. The van der Waals surface area contributed by atoms with Crippen molar-refractivity contribution in [1.29, 1.82) is 0 Å². The molecule has 2 heterocycles. The number of hydrogen-bond donors (Lipinski definition) is 1. The molecular weight excluding hydrogens is 344 g/mol. The molecule has 0 aliphatic rings. The predicted octanol–water partition coefficient (Wildman–Crippen LogP) is 7.10. The van der Waals surface area contributed by atoms with Crippen molar-refractivity contribution in [3.05, 3.63) is 72.5 Å². The summed E-state index contributed by atoms with van der Waals surface area (Å²) in [6.07, 6.45) is 17.0. The van der Waals surface area contributed by atoms with E-state index in [4.69, 9.17) is 0 Å². The number of aromatic amines is 1. The number of allylic oxidation sites excluding steroid dienone is 4. The molecule has 0 fully saturated rings. The normalized spacial score (nSPS) is 11.3. The molecule has 4 nitrogen and oxygen atoms in total. The van der Waals surface area contributed by atoms with Crippen LogP contribution in [-0.2, 0) is 0 Å². The average molecular weight is 379 g/mol. The Kier molecular flexibility index (Phi) is 13.5. The van der Waals surface area contributed by atoms with Crippen molar-refractivity contribution in [3.63, 3.8) is 0 Å². The van der Waals surface area contributed by atoms with Crippen LogP contribution in [-0.4, -0.2) is 20.9 Å². The molecule has 0 atom stereocenters. The first kappa shape index (κ1) is 25.0. The number of rotatable bonds is 6. The minimum absolute atomic E-state index is 0.822. The Hall–Kier alpha value is -3.01. The summed E-state index contributed by atoms with van der Waals surface area (Å²) in [5.74, 6) is 0. The molecule has 4 heteroatoms. The van der Waals surface area contributed by atoms with Crippen LogP contribution in [0.5, 0.6) is 0 Å². The summed E-state index contributed by atoms with van der Waals surface area (Å²) in [7, 11) is 0. The van der Waals surface area contributed by atoms with Gasteiger partial charge in [0.1, 0.15) is 0 Å². The molecular formula is C24H34N4. The first-order chi connectivity index (χ1) is 13.8. The number of aromatic nitrogens is 3. The van der Waals surface area contributed by atoms with E-state index in [1.54, 1.807) is 12.4 Å². The van der Waals surface area contributed by atoms with Gasteiger partial charge >= 0.3 is 0 Å². The third-order valence-corrected chi connectivity index (χ3v) is 3.42. The van der Waals surface area contributed by atoms with Crippen molar-refractivity contribution in [2.24, 2.45) is 4.99 Å². The summed E-state index contributed by atoms with van der Waals surface area (Å²) in [6.45, 7) is 17.8. The van der Waals surface area contributed by atoms with Crippen LogP contribution in [0.4, 0.5) is 0 Å². The van der Waals surface area contributed by atoms with Crippen LogP contribution in [0.15, 0.2) is 60.5 Å². The Bertz CT molecular complexity index is 821. The van der Waals surface area contributed by atoms with Gasteiger partial charge in [-0.1, -0.05) is 58.6 Å². The third kappa shape index (κ3) is 6.62. The molecule has 0 amide bonds. The first-order valence-corrected chi connectivity index (χ1v) is 9.86. The predicted molar refractivity (Wildman–Crippen MR) is 125 cm³/mol. The fraction of sp³-hybridized carbons (Fsp3) is 0.292. The number of pyridine rings is 1. The van der Waals surface area contributed by atoms with Crippen LogP contribution in [0.3, 0.4) is 0 Å². The maximum atomic E-state index is 4.50. The van der Waals surface area contributed by atoms with Crippen molar-refractivity contribution >= 4 is 17.9 Å². The van der Waals surface area contributed by atoms with Gasteiger partial charge < -0.3 is 0 Å². The molecule has 0 unspecified atom stereocenters. The zero-order chi connectivity index (χ0) is 21.4. The van der Waals surface area contributed by atoms with Gasteiger partial charge in [0.05, 0.1) is 23.3 Å². The number of nitrogens with zero attached hydrogens (tertiary/aromatic N) is 3. The smallest absolute Gasteiger partial charge is 0.0912 e. The van der Waals surface area contributed by atoms with E-state index >= 15 is 0 Å². The maximum Gasteiger partial charge on any atom is 0.0912 e. The summed E-state index contributed by atoms with van der Waals surface area (Å²) in [6, 6.07) is 1.97. The number of nitrogens with one attached hydrogen (secondary N) is 1. The topological polar surface area (TPSA) is 53.9 Å². The molecule has 0 spiro atoms. The van der Waals surface area contributed by atoms with Crippen LogP contribution in [0, 0.1) is 0 Å². The van der Waals surface area contributed by atoms with Gasteiger partial charge in [-0.3, -0.25) is 15.1 Å². The highest BCUT2D eigenvalue weighted by molar-refractivity contribution is 6.11. The summed E-state index contributed by atoms with van der Waals surface area (Å²) >= 11 is 0. The number of hydrogen-bond acceptors (Lipinski definition) is 3. The molecule has 2 aromatic rings. The monoisotopic (exact) mass is 378 g/mol. The van der Waals surface area contributed by atoms with E-state index in [9.17, 15) is 0 Å². The van der Waals surface area contributed by atoms with Crippen LogP contribution < -0.4 is 0 Å². The van der Waals surface area contributed by atoms with E-state index in [-0.39, 0.29) is 0 Å². The van der Waals surface area contributed by atoms with Gasteiger partial charge in [0.25, 0.3) is 0 Å². The van der Waals surface area contributed by atoms with Gasteiger partial charge in [0, 0.05) is 23.5 Å². The van der Waals surface area contributed by atoms with Crippen molar-refractivity contribution in [2.75, 3.05) is 0 Å². The highest BCUT2D eigenvalue weighted by Crippen LogP contribution is 2.29. The molecule has 0 saturated heterocycles. The Morgan fingerprint density at radius 2 is 1.75 bits per heavy atom. The molecule has 0 radical (unpaired) electrons. The lowest BCUT2D eigenvalue weighted by Crippen LogP contribution is -2.01. The van der Waals surface area contributed by atoms with Crippen LogP contribution in [0.25, 0.3) is 23.3 Å². The second-order valence-corrected chi connectivity index (χ2v) is 5.02. The SMILES string of the molecule is C=Cc1c(-c2cn[nH]c2C(/C=C\C)=N/C=C\C)ccnc1/C=C\C.CC.CC. The second-order valence-electron chi connectivity index (χ2n) is 5.02. The standard InChI is InChI=1S/C20H22N4.2C2H6/c1-5-9-18-15(8-4)16(11-13-22-18)17-14-23-24-20(17)19(10-6-2)21-12-7-3;2*1-2/h5-14H,4H2,1-3H3,(H,23,24);2*1-2H3/b9-5-,10-6-,12-7-,21-19+;;. The lowest BCUT2D eigenvalue weighted by molar-refractivity contribution is 1.08. The molecule has 0 aliphatic carbocycles. The van der Waals surface area contributed by atoms with Gasteiger partial charge in [0.2, 0.25) is 0 Å². The van der Waals surface area contributed by atoms with E-state index in [2.05, 4.69) is 26.8 Å². The molecule has 2 rings (SSSR count). The van der Waals surface area contributed by atoms with Gasteiger partial charge in [-0.05, 0) is 44.6 Å². The molecule has 0 aromatic carbocycles. The van der Waals surface area contributed by atoms with E-state index in [0.29, 0.717) is 0 Å². The van der Waals surface area contributed by atoms with Crippen molar-refractivity contribution in [3.8, 4) is 11.1 Å². The Balaban J connectivity index is 0.00000171. The van der Waals surface area contributed by atoms with Crippen LogP contribution >= 0.6 is 0 Å². The highest BCUT2D eigenvalue weighted by atomic mass is 15.1. The maximum absolute atomic E-state index is 4.50. The van der Waals surface area contributed by atoms with Gasteiger partial charge in [-0.2, -0.15) is 5.10 Å². The minimum atomic E-state index is 0.822. The number of aliphatic imine (C=N–C) groups is 1. The molecule has 28 heavy (non-hydrogen) atoms. The molecule has 0 aliphatic heterocycles. The Morgan fingerprint density at radius 3 is 2.32 bits per heavy atom. The fourth-order valence-corrected chi connectivity index (χ4v) is 2.42. The average Bonchev–Trinajstić information content (AvgIpc) is 3.23. The summed E-state index contributed by atoms with van der Waals surface area (Å²) in [4.78, 5) is 8.92. The van der Waals surface area contributed by atoms with E-state index in [1.165, 1.54) is 0 Å². The fourth-order valence-electron chi connectivity index (χ4n) is 2.42. The Labute approximate surface area is 170 Å². The molecule has 0 saturated carbocycles. The zero-order valence-electron chi connectivity index (χ0n) is 18.3. The third-order valence-electron chi connectivity index (χ3n) is 3.42. The second kappa shape index (κ2) is 15.1. The van der Waals surface area contributed by atoms with Gasteiger partial charge in [-0.15, -0.1) is 0 Å². The largest absolute Gasteiger partial charge is 0.276 e. The van der Waals surface area contributed by atoms with Gasteiger partial charge in [0.15, 0.2) is 0 Å². The first-order valence-electron chi connectivity index (χ1n) is 9.86. The van der Waals surface area contributed by atoms with Crippen molar-refractivity contribution < 1.29 is 0 Å². The summed E-state index contributed by atoms with van der Waals surface area (Å²) in [5, 5.41) is 7.29. The molecule has 0 bridgehead atoms. The lowest BCUT2D eigenvalue weighted by Gasteiger charge is -2.09. The van der Waals surface area contributed by atoms with E-state index < -0.39 is 0 Å². The van der Waals surface area contributed by atoms with Crippen molar-refractivity contribution in [2.45, 2.75) is 48.5 Å². The minimum Gasteiger partial charge on any atom is -0.276 e. The van der Waals surface area contributed by atoms with Crippen LogP contribution in [0.1, 0.15) is 65.4 Å². The van der Waals surface area contributed by atoms with E-state index in [0.717, 1.165) is 33.8 Å².